The maximum Gasteiger partial charge on any atom is 0.305 e. The van der Waals surface area contributed by atoms with Gasteiger partial charge >= 0.3 is 5.97 Å². The molecule has 2 atom stereocenters. The van der Waals surface area contributed by atoms with E-state index in [0.717, 1.165) is 51.4 Å². The molecule has 2 unspecified atom stereocenters. The van der Waals surface area contributed by atoms with Crippen LogP contribution in [0.25, 0.3) is 0 Å². The fraction of sp³-hybridized carbons (Fsp3) is 0.900. The van der Waals surface area contributed by atoms with E-state index in [0.29, 0.717) is 25.9 Å². The van der Waals surface area contributed by atoms with Gasteiger partial charge in [-0.1, -0.05) is 276 Å². The second-order valence-electron chi connectivity index (χ2n) is 20.3. The summed E-state index contributed by atoms with van der Waals surface area (Å²) in [6, 6.07) is -0.544. The van der Waals surface area contributed by atoms with Crippen LogP contribution in [0, 0.1) is 0 Å². The number of hydrogen-bond donors (Lipinski definition) is 3. The maximum atomic E-state index is 12.5. The summed E-state index contributed by atoms with van der Waals surface area (Å²) in [6.07, 6.45) is 67.4. The molecular weight excluding hydrogens is 815 g/mol. The topological polar surface area (TPSA) is 95.9 Å². The molecule has 66 heavy (non-hydrogen) atoms. The van der Waals surface area contributed by atoms with Crippen molar-refractivity contribution in [2.24, 2.45) is 0 Å². The standard InChI is InChI=1S/C60H115NO5/c1-3-5-7-9-11-13-15-17-19-26-30-34-38-42-46-50-54-60(65)66-55-51-47-43-39-35-31-27-23-21-20-22-25-29-33-37-41-45-49-53-59(64)61-57(56-62)58(63)52-48-44-40-36-32-28-24-18-16-14-12-10-8-6-4-2/h13,15,19,26,57-58,62-63H,3-12,14,16-18,20-25,27-56H2,1-2H3,(H,61,64)/b15-13-,26-19-. The number of carbonyl (C=O) groups is 2. The fourth-order valence-electron chi connectivity index (χ4n) is 9.20. The number of carbonyl (C=O) groups excluding carboxylic acids is 2. The Hall–Kier alpha value is -1.66. The van der Waals surface area contributed by atoms with E-state index in [1.807, 2.05) is 0 Å². The molecule has 0 aromatic carbocycles. The number of nitrogens with one attached hydrogen (secondary N) is 1. The van der Waals surface area contributed by atoms with Crippen molar-refractivity contribution >= 4 is 11.9 Å². The quantitative estimate of drug-likeness (QED) is 0.0321. The molecule has 3 N–H and O–H groups in total. The minimum atomic E-state index is -0.667. The molecule has 0 aromatic rings. The van der Waals surface area contributed by atoms with Gasteiger partial charge in [0.05, 0.1) is 25.4 Å². The molecule has 0 saturated carbocycles. The molecule has 0 aliphatic rings. The molecule has 0 radical (unpaired) electrons. The number of unbranched alkanes of at least 4 members (excludes halogenated alkanes) is 40. The Morgan fingerprint density at radius 3 is 1.17 bits per heavy atom. The van der Waals surface area contributed by atoms with Crippen LogP contribution in [-0.2, 0) is 14.3 Å². The van der Waals surface area contributed by atoms with Crippen LogP contribution in [0.15, 0.2) is 24.3 Å². The van der Waals surface area contributed by atoms with Gasteiger partial charge in [0.1, 0.15) is 0 Å². The summed E-state index contributed by atoms with van der Waals surface area (Å²) >= 11 is 0. The Kier molecular flexibility index (Phi) is 54.5. The molecule has 0 saturated heterocycles. The molecule has 1 amide bonds. The number of aliphatic hydroxyl groups is 2. The van der Waals surface area contributed by atoms with Crippen molar-refractivity contribution in [2.75, 3.05) is 13.2 Å². The van der Waals surface area contributed by atoms with Crippen molar-refractivity contribution in [2.45, 2.75) is 334 Å². The van der Waals surface area contributed by atoms with Crippen LogP contribution < -0.4 is 5.32 Å². The third-order valence-electron chi connectivity index (χ3n) is 13.8. The van der Waals surface area contributed by atoms with Crippen molar-refractivity contribution in [3.05, 3.63) is 24.3 Å². The summed E-state index contributed by atoms with van der Waals surface area (Å²) in [4.78, 5) is 24.5. The lowest BCUT2D eigenvalue weighted by Crippen LogP contribution is -2.45. The number of esters is 1. The largest absolute Gasteiger partial charge is 0.466 e. The van der Waals surface area contributed by atoms with Gasteiger partial charge in [0.2, 0.25) is 5.91 Å². The van der Waals surface area contributed by atoms with Crippen molar-refractivity contribution in [1.29, 1.82) is 0 Å². The molecule has 6 heteroatoms. The molecule has 0 rings (SSSR count). The molecule has 0 spiro atoms. The van der Waals surface area contributed by atoms with E-state index in [-0.39, 0.29) is 18.5 Å². The third-order valence-corrected chi connectivity index (χ3v) is 13.8. The first-order chi connectivity index (χ1) is 32.5. The normalized spacial score (nSPS) is 12.7. The molecule has 0 aliphatic heterocycles. The van der Waals surface area contributed by atoms with Gasteiger partial charge in [0, 0.05) is 12.8 Å². The minimum absolute atomic E-state index is 0.00576. The van der Waals surface area contributed by atoms with Crippen LogP contribution in [-0.4, -0.2) is 47.4 Å². The van der Waals surface area contributed by atoms with E-state index in [1.54, 1.807) is 0 Å². The number of amides is 1. The van der Waals surface area contributed by atoms with Crippen molar-refractivity contribution in [1.82, 2.24) is 5.32 Å². The SMILES string of the molecule is CCCCCC/C=C\C/C=C\CCCCCCCC(=O)OCCCCCCCCCCCCCCCCCCCCC(=O)NC(CO)C(O)CCCCCCCCCCCCCCCCC. The summed E-state index contributed by atoms with van der Waals surface area (Å²) in [7, 11) is 0. The fourth-order valence-corrected chi connectivity index (χ4v) is 9.20. The lowest BCUT2D eigenvalue weighted by molar-refractivity contribution is -0.143. The first-order valence-corrected chi connectivity index (χ1v) is 29.6. The highest BCUT2D eigenvalue weighted by Gasteiger charge is 2.20. The van der Waals surface area contributed by atoms with Gasteiger partial charge in [-0.3, -0.25) is 9.59 Å². The number of ether oxygens (including phenoxy) is 1. The second-order valence-corrected chi connectivity index (χ2v) is 20.3. The average molecular weight is 931 g/mol. The van der Waals surface area contributed by atoms with Crippen LogP contribution in [0.2, 0.25) is 0 Å². The Morgan fingerprint density at radius 2 is 0.758 bits per heavy atom. The van der Waals surface area contributed by atoms with Crippen LogP contribution in [0.1, 0.15) is 322 Å². The van der Waals surface area contributed by atoms with Gasteiger partial charge in [-0.15, -0.1) is 0 Å². The molecule has 0 aromatic heterocycles. The monoisotopic (exact) mass is 930 g/mol. The van der Waals surface area contributed by atoms with Gasteiger partial charge in [0.25, 0.3) is 0 Å². The smallest absolute Gasteiger partial charge is 0.305 e. The molecule has 6 nitrogen and oxygen atoms in total. The summed E-state index contributed by atoms with van der Waals surface area (Å²) < 4.78 is 5.48. The third kappa shape index (κ3) is 51.7. The zero-order valence-electron chi connectivity index (χ0n) is 44.4. The lowest BCUT2D eigenvalue weighted by atomic mass is 10.0. The summed E-state index contributed by atoms with van der Waals surface area (Å²) in [6.45, 7) is 4.94. The van der Waals surface area contributed by atoms with E-state index in [2.05, 4.69) is 43.5 Å². The van der Waals surface area contributed by atoms with Crippen molar-refractivity contribution in [3.8, 4) is 0 Å². The van der Waals surface area contributed by atoms with Gasteiger partial charge in [0.15, 0.2) is 0 Å². The molecule has 0 bridgehead atoms. The number of allylic oxidation sites excluding steroid dienone is 4. The average Bonchev–Trinajstić information content (AvgIpc) is 3.32. The molecule has 0 aliphatic carbocycles. The lowest BCUT2D eigenvalue weighted by Gasteiger charge is -2.22. The predicted molar refractivity (Wildman–Crippen MR) is 287 cm³/mol. The van der Waals surface area contributed by atoms with E-state index < -0.39 is 12.1 Å². The van der Waals surface area contributed by atoms with Crippen LogP contribution in [0.5, 0.6) is 0 Å². The Bertz CT molecular complexity index is 1030. The molecule has 390 valence electrons. The van der Waals surface area contributed by atoms with Gasteiger partial charge in [-0.25, -0.2) is 0 Å². The van der Waals surface area contributed by atoms with E-state index in [4.69, 9.17) is 4.74 Å². The highest BCUT2D eigenvalue weighted by molar-refractivity contribution is 5.76. The summed E-state index contributed by atoms with van der Waals surface area (Å²) in [5.41, 5.74) is 0. The zero-order valence-corrected chi connectivity index (χ0v) is 44.4. The number of hydrogen-bond acceptors (Lipinski definition) is 5. The van der Waals surface area contributed by atoms with E-state index >= 15 is 0 Å². The molecule has 0 heterocycles. The van der Waals surface area contributed by atoms with Gasteiger partial charge in [-0.2, -0.15) is 0 Å². The predicted octanol–water partition coefficient (Wildman–Crippen LogP) is 18.2. The first kappa shape index (κ1) is 64.3. The number of aliphatic hydroxyl groups excluding tert-OH is 2. The molecular formula is C60H115NO5. The molecule has 0 fully saturated rings. The minimum Gasteiger partial charge on any atom is -0.466 e. The highest BCUT2D eigenvalue weighted by atomic mass is 16.5. The second kappa shape index (κ2) is 55.9. The van der Waals surface area contributed by atoms with Gasteiger partial charge < -0.3 is 20.3 Å². The summed E-state index contributed by atoms with van der Waals surface area (Å²) in [5, 5.41) is 23.3. The Labute approximate surface area is 411 Å². The maximum absolute atomic E-state index is 12.5. The Morgan fingerprint density at radius 1 is 0.424 bits per heavy atom. The van der Waals surface area contributed by atoms with Gasteiger partial charge in [-0.05, 0) is 57.8 Å². The highest BCUT2D eigenvalue weighted by Crippen LogP contribution is 2.17. The first-order valence-electron chi connectivity index (χ1n) is 29.6. The van der Waals surface area contributed by atoms with E-state index in [9.17, 15) is 19.8 Å². The van der Waals surface area contributed by atoms with Crippen molar-refractivity contribution < 1.29 is 24.5 Å². The van der Waals surface area contributed by atoms with Crippen LogP contribution in [0.3, 0.4) is 0 Å². The summed E-state index contributed by atoms with van der Waals surface area (Å²) in [5.74, 6) is -0.0435. The number of rotatable bonds is 55. The van der Waals surface area contributed by atoms with Crippen LogP contribution in [0.4, 0.5) is 0 Å². The van der Waals surface area contributed by atoms with Crippen LogP contribution >= 0.6 is 0 Å². The van der Waals surface area contributed by atoms with E-state index in [1.165, 1.54) is 238 Å². The zero-order chi connectivity index (χ0) is 47.9. The Balaban J connectivity index is 3.41. The van der Waals surface area contributed by atoms with Crippen molar-refractivity contribution in [3.63, 3.8) is 0 Å².